The summed E-state index contributed by atoms with van der Waals surface area (Å²) >= 11 is 5.83. The normalized spacial score (nSPS) is 12.1. The van der Waals surface area contributed by atoms with Crippen LogP contribution in [0.4, 0.5) is 0 Å². The second kappa shape index (κ2) is 7.09. The number of para-hydroxylation sites is 1. The lowest BCUT2D eigenvalue weighted by Gasteiger charge is -2.10. The minimum absolute atomic E-state index is 0.0317. The fraction of sp³-hybridized carbons (Fsp3) is 0.158. The number of pyridine rings is 1. The van der Waals surface area contributed by atoms with Crippen molar-refractivity contribution in [2.24, 2.45) is 0 Å². The fourth-order valence-electron chi connectivity index (χ4n) is 2.67. The summed E-state index contributed by atoms with van der Waals surface area (Å²) in [4.78, 5) is 27.9. The van der Waals surface area contributed by atoms with Gasteiger partial charge in [-0.15, -0.1) is 0 Å². The van der Waals surface area contributed by atoms with Gasteiger partial charge in [-0.05, 0) is 30.7 Å². The molecule has 25 heavy (non-hydrogen) atoms. The number of benzene rings is 2. The highest BCUT2D eigenvalue weighted by Crippen LogP contribution is 2.20. The molecule has 1 amide bonds. The standard InChI is InChI=1S/C19H17ClN2O3/c1-11(23)14-3-2-4-15-17(14)21-10-16(18(15)24)19(25)22-9-12-5-7-13(20)8-6-12/h2-8,10-11,23H,9H2,1H3,(H,21,24)(H,22,25). The summed E-state index contributed by atoms with van der Waals surface area (Å²) < 4.78 is 0. The summed E-state index contributed by atoms with van der Waals surface area (Å²) in [5.41, 5.74) is 1.69. The van der Waals surface area contributed by atoms with E-state index in [1.165, 1.54) is 6.20 Å². The molecule has 0 bridgehead atoms. The Labute approximate surface area is 149 Å². The third-order valence-corrected chi connectivity index (χ3v) is 4.26. The van der Waals surface area contributed by atoms with Crippen molar-refractivity contribution in [2.75, 3.05) is 0 Å². The van der Waals surface area contributed by atoms with Crippen molar-refractivity contribution in [2.45, 2.75) is 19.6 Å². The van der Waals surface area contributed by atoms with Crippen LogP contribution in [-0.2, 0) is 6.54 Å². The van der Waals surface area contributed by atoms with E-state index in [0.717, 1.165) is 5.56 Å². The lowest BCUT2D eigenvalue weighted by atomic mass is 10.0. The number of hydrogen-bond donors (Lipinski definition) is 3. The number of carbonyl (C=O) groups excluding carboxylic acids is 1. The molecule has 3 N–H and O–H groups in total. The van der Waals surface area contributed by atoms with E-state index < -0.39 is 12.0 Å². The molecule has 1 aromatic heterocycles. The van der Waals surface area contributed by atoms with Gasteiger partial charge in [0.15, 0.2) is 0 Å². The van der Waals surface area contributed by atoms with Gasteiger partial charge < -0.3 is 15.4 Å². The smallest absolute Gasteiger partial charge is 0.257 e. The van der Waals surface area contributed by atoms with Crippen LogP contribution in [0.1, 0.15) is 34.5 Å². The highest BCUT2D eigenvalue weighted by molar-refractivity contribution is 6.30. The van der Waals surface area contributed by atoms with Crippen molar-refractivity contribution in [1.29, 1.82) is 0 Å². The quantitative estimate of drug-likeness (QED) is 0.671. The molecule has 2 aromatic carbocycles. The van der Waals surface area contributed by atoms with Gasteiger partial charge in [-0.1, -0.05) is 35.9 Å². The summed E-state index contributed by atoms with van der Waals surface area (Å²) in [6.45, 7) is 1.92. The maximum atomic E-state index is 12.6. The Hall–Kier alpha value is -2.63. The molecule has 1 heterocycles. The maximum Gasteiger partial charge on any atom is 0.257 e. The van der Waals surface area contributed by atoms with Crippen molar-refractivity contribution in [3.05, 3.63) is 80.6 Å². The molecule has 1 unspecified atom stereocenters. The first kappa shape index (κ1) is 17.2. The van der Waals surface area contributed by atoms with Gasteiger partial charge in [-0.3, -0.25) is 9.59 Å². The largest absolute Gasteiger partial charge is 0.389 e. The number of aliphatic hydroxyl groups excluding tert-OH is 1. The van der Waals surface area contributed by atoms with Gasteiger partial charge in [-0.2, -0.15) is 0 Å². The maximum absolute atomic E-state index is 12.6. The number of amides is 1. The molecule has 5 nitrogen and oxygen atoms in total. The van der Waals surface area contributed by atoms with Crippen molar-refractivity contribution in [3.8, 4) is 0 Å². The van der Waals surface area contributed by atoms with Crippen LogP contribution in [0.5, 0.6) is 0 Å². The average molecular weight is 357 g/mol. The Morgan fingerprint density at radius 2 is 1.96 bits per heavy atom. The molecule has 0 saturated carbocycles. The van der Waals surface area contributed by atoms with E-state index in [0.29, 0.717) is 28.0 Å². The zero-order chi connectivity index (χ0) is 18.0. The summed E-state index contributed by atoms with van der Waals surface area (Å²) in [6.07, 6.45) is 0.664. The monoisotopic (exact) mass is 356 g/mol. The average Bonchev–Trinajstić information content (AvgIpc) is 2.61. The number of aromatic nitrogens is 1. The molecule has 0 aliphatic carbocycles. The van der Waals surface area contributed by atoms with E-state index in [4.69, 9.17) is 11.6 Å². The van der Waals surface area contributed by atoms with Crippen LogP contribution in [0.3, 0.4) is 0 Å². The van der Waals surface area contributed by atoms with Gasteiger partial charge in [0.1, 0.15) is 5.56 Å². The van der Waals surface area contributed by atoms with E-state index >= 15 is 0 Å². The lowest BCUT2D eigenvalue weighted by Crippen LogP contribution is -2.28. The summed E-state index contributed by atoms with van der Waals surface area (Å²) in [5.74, 6) is -0.458. The zero-order valence-corrected chi connectivity index (χ0v) is 14.3. The number of halogens is 1. The first-order valence-corrected chi connectivity index (χ1v) is 8.20. The number of rotatable bonds is 4. The Morgan fingerprint density at radius 3 is 2.64 bits per heavy atom. The molecule has 128 valence electrons. The topological polar surface area (TPSA) is 82.2 Å². The Balaban J connectivity index is 1.88. The summed E-state index contributed by atoms with van der Waals surface area (Å²) in [7, 11) is 0. The summed E-state index contributed by atoms with van der Waals surface area (Å²) in [5, 5.41) is 13.5. The molecule has 3 rings (SSSR count). The molecular weight excluding hydrogens is 340 g/mol. The molecule has 0 aliphatic heterocycles. The zero-order valence-electron chi connectivity index (χ0n) is 13.5. The van der Waals surface area contributed by atoms with Crippen molar-refractivity contribution in [3.63, 3.8) is 0 Å². The van der Waals surface area contributed by atoms with Gasteiger partial charge >= 0.3 is 0 Å². The van der Waals surface area contributed by atoms with Crippen LogP contribution in [0, 0.1) is 0 Å². The second-order valence-corrected chi connectivity index (χ2v) is 6.22. The van der Waals surface area contributed by atoms with Gasteiger partial charge in [0, 0.05) is 28.7 Å². The number of H-pyrrole nitrogens is 1. The first-order valence-electron chi connectivity index (χ1n) is 7.82. The predicted molar refractivity (Wildman–Crippen MR) is 97.8 cm³/mol. The first-order chi connectivity index (χ1) is 12.0. The second-order valence-electron chi connectivity index (χ2n) is 5.79. The van der Waals surface area contributed by atoms with Gasteiger partial charge in [-0.25, -0.2) is 0 Å². The summed E-state index contributed by atoms with van der Waals surface area (Å²) in [6, 6.07) is 12.2. The highest BCUT2D eigenvalue weighted by atomic mass is 35.5. The van der Waals surface area contributed by atoms with Crippen LogP contribution in [0.2, 0.25) is 5.02 Å². The number of aromatic amines is 1. The Bertz CT molecular complexity index is 978. The van der Waals surface area contributed by atoms with Crippen molar-refractivity contribution in [1.82, 2.24) is 10.3 Å². The highest BCUT2D eigenvalue weighted by Gasteiger charge is 2.15. The molecule has 1 atom stereocenters. The molecule has 0 spiro atoms. The van der Waals surface area contributed by atoms with Gasteiger partial charge in [0.2, 0.25) is 5.43 Å². The number of hydrogen-bond acceptors (Lipinski definition) is 3. The third kappa shape index (κ3) is 3.57. The van der Waals surface area contributed by atoms with E-state index in [2.05, 4.69) is 10.3 Å². The Kier molecular flexibility index (Phi) is 4.88. The minimum atomic E-state index is -0.719. The predicted octanol–water partition coefficient (Wildman–Crippen LogP) is 3.16. The van der Waals surface area contributed by atoms with Gasteiger partial charge in [0.25, 0.3) is 5.91 Å². The van der Waals surface area contributed by atoms with E-state index in [1.54, 1.807) is 37.3 Å². The number of nitrogens with one attached hydrogen (secondary N) is 2. The van der Waals surface area contributed by atoms with E-state index in [9.17, 15) is 14.7 Å². The molecule has 0 fully saturated rings. The number of carbonyl (C=O) groups is 1. The molecule has 6 heteroatoms. The third-order valence-electron chi connectivity index (χ3n) is 4.01. The van der Waals surface area contributed by atoms with Crippen LogP contribution >= 0.6 is 11.6 Å². The molecule has 0 saturated heterocycles. The molecule has 0 aliphatic rings. The van der Waals surface area contributed by atoms with Crippen molar-refractivity contribution < 1.29 is 9.90 Å². The SMILES string of the molecule is CC(O)c1cccc2c(=O)c(C(=O)NCc3ccc(Cl)cc3)c[nH]c12. The van der Waals surface area contributed by atoms with Crippen LogP contribution in [0.25, 0.3) is 10.9 Å². The van der Waals surface area contributed by atoms with Crippen LogP contribution < -0.4 is 10.7 Å². The van der Waals surface area contributed by atoms with Crippen LogP contribution in [-0.4, -0.2) is 16.0 Å². The number of aliphatic hydroxyl groups is 1. The van der Waals surface area contributed by atoms with E-state index in [-0.39, 0.29) is 11.0 Å². The fourth-order valence-corrected chi connectivity index (χ4v) is 2.80. The Morgan fingerprint density at radius 1 is 1.24 bits per heavy atom. The van der Waals surface area contributed by atoms with Crippen LogP contribution in [0.15, 0.2) is 53.5 Å². The number of fused-ring (bicyclic) bond motifs is 1. The molecular formula is C19H17ClN2O3. The molecule has 3 aromatic rings. The van der Waals surface area contributed by atoms with Gasteiger partial charge in [0.05, 0.1) is 11.6 Å². The van der Waals surface area contributed by atoms with Crippen molar-refractivity contribution >= 4 is 28.4 Å². The lowest BCUT2D eigenvalue weighted by molar-refractivity contribution is 0.0949. The molecule has 0 radical (unpaired) electrons. The van der Waals surface area contributed by atoms with E-state index in [1.807, 2.05) is 12.1 Å². The minimum Gasteiger partial charge on any atom is -0.389 e.